The van der Waals surface area contributed by atoms with Gasteiger partial charge in [-0.1, -0.05) is 12.1 Å². The molecule has 8 heteroatoms. The number of amides is 3. The van der Waals surface area contributed by atoms with Gasteiger partial charge in [-0.3, -0.25) is 14.4 Å². The molecule has 0 bridgehead atoms. The number of thiophene rings is 1. The Hall–Kier alpha value is -2.45. The first-order valence-electron chi connectivity index (χ1n) is 7.35. The van der Waals surface area contributed by atoms with Crippen LogP contribution in [0, 0.1) is 0 Å². The minimum Gasteiger partial charge on any atom is -0.370 e. The van der Waals surface area contributed by atoms with Crippen molar-refractivity contribution in [3.8, 4) is 0 Å². The molecule has 1 aromatic carbocycles. The number of nitrogens with one attached hydrogen (secondary N) is 2. The maximum Gasteiger partial charge on any atom is 0.253 e. The molecular formula is C17H16BrN3O3S. The molecule has 6 nitrogen and oxygen atoms in total. The van der Waals surface area contributed by atoms with E-state index in [1.54, 1.807) is 30.3 Å². The topological polar surface area (TPSA) is 101 Å². The van der Waals surface area contributed by atoms with Crippen LogP contribution in [0.2, 0.25) is 0 Å². The molecule has 0 saturated carbocycles. The quantitative estimate of drug-likeness (QED) is 0.598. The minimum atomic E-state index is -0.493. The monoisotopic (exact) mass is 421 g/mol. The predicted octanol–water partition coefficient (Wildman–Crippen LogP) is 2.77. The standard InChI is InChI=1S/C17H16BrN3O3S/c18-14-7-5-11(25-14)6-8-16(23)21-13-4-2-1-3-12(13)17(24)20-10-9-15(19)22/h1-8H,9-10H2,(H2,19,22)(H,20,24)(H,21,23)/b8-6+. The van der Waals surface area contributed by atoms with Crippen LogP contribution < -0.4 is 16.4 Å². The fourth-order valence-electron chi connectivity index (χ4n) is 1.93. The number of carbonyl (C=O) groups excluding carboxylic acids is 3. The fourth-order valence-corrected chi connectivity index (χ4v) is 3.26. The van der Waals surface area contributed by atoms with E-state index in [1.165, 1.54) is 17.4 Å². The van der Waals surface area contributed by atoms with E-state index in [4.69, 9.17) is 5.73 Å². The molecule has 0 fully saturated rings. The molecule has 130 valence electrons. The number of rotatable bonds is 7. The van der Waals surface area contributed by atoms with Gasteiger partial charge in [0.15, 0.2) is 0 Å². The average molecular weight is 422 g/mol. The van der Waals surface area contributed by atoms with E-state index >= 15 is 0 Å². The van der Waals surface area contributed by atoms with Crippen molar-refractivity contribution in [1.29, 1.82) is 0 Å². The molecule has 1 aromatic heterocycles. The van der Waals surface area contributed by atoms with Gasteiger partial charge in [0.05, 0.1) is 15.0 Å². The summed E-state index contributed by atoms with van der Waals surface area (Å²) in [4.78, 5) is 35.9. The number of halogens is 1. The predicted molar refractivity (Wildman–Crippen MR) is 102 cm³/mol. The zero-order valence-corrected chi connectivity index (χ0v) is 15.5. The molecule has 0 aliphatic heterocycles. The first-order valence-corrected chi connectivity index (χ1v) is 8.96. The third-order valence-electron chi connectivity index (χ3n) is 3.08. The van der Waals surface area contributed by atoms with Gasteiger partial charge in [-0.25, -0.2) is 0 Å². The van der Waals surface area contributed by atoms with Gasteiger partial charge < -0.3 is 16.4 Å². The molecule has 2 aromatic rings. The zero-order chi connectivity index (χ0) is 18.2. The molecule has 2 rings (SSSR count). The Balaban J connectivity index is 2.01. The summed E-state index contributed by atoms with van der Waals surface area (Å²) in [6, 6.07) is 10.4. The van der Waals surface area contributed by atoms with Gasteiger partial charge in [-0.15, -0.1) is 11.3 Å². The normalized spacial score (nSPS) is 10.6. The Kier molecular flexibility index (Phi) is 6.91. The molecule has 0 unspecified atom stereocenters. The van der Waals surface area contributed by atoms with Crippen LogP contribution in [0.25, 0.3) is 6.08 Å². The highest BCUT2D eigenvalue weighted by Gasteiger charge is 2.12. The summed E-state index contributed by atoms with van der Waals surface area (Å²) in [6.07, 6.45) is 3.15. The lowest BCUT2D eigenvalue weighted by Gasteiger charge is -2.10. The molecule has 3 amide bonds. The van der Waals surface area contributed by atoms with E-state index in [1.807, 2.05) is 12.1 Å². The third-order valence-corrected chi connectivity index (χ3v) is 4.67. The first kappa shape index (κ1) is 18.9. The molecular weight excluding hydrogens is 406 g/mol. The second kappa shape index (κ2) is 9.14. The van der Waals surface area contributed by atoms with Crippen molar-refractivity contribution in [3.05, 3.63) is 56.7 Å². The van der Waals surface area contributed by atoms with Crippen molar-refractivity contribution >= 4 is 56.8 Å². The fraction of sp³-hybridized carbons (Fsp3) is 0.118. The van der Waals surface area contributed by atoms with Crippen molar-refractivity contribution < 1.29 is 14.4 Å². The molecule has 0 atom stereocenters. The SMILES string of the molecule is NC(=O)CCNC(=O)c1ccccc1NC(=O)/C=C/c1ccc(Br)s1. The van der Waals surface area contributed by atoms with Crippen LogP contribution in [0.1, 0.15) is 21.7 Å². The minimum absolute atomic E-state index is 0.0549. The number of hydrogen-bond acceptors (Lipinski definition) is 4. The summed E-state index contributed by atoms with van der Waals surface area (Å²) >= 11 is 4.86. The summed E-state index contributed by atoms with van der Waals surface area (Å²) in [7, 11) is 0. The van der Waals surface area contributed by atoms with Crippen LogP contribution in [0.15, 0.2) is 46.3 Å². The lowest BCUT2D eigenvalue weighted by molar-refractivity contribution is -0.118. The number of para-hydroxylation sites is 1. The summed E-state index contributed by atoms with van der Waals surface area (Å²) in [5.74, 6) is -1.22. The molecule has 0 saturated heterocycles. The largest absolute Gasteiger partial charge is 0.370 e. The Bertz CT molecular complexity index is 817. The van der Waals surface area contributed by atoms with E-state index in [2.05, 4.69) is 26.6 Å². The van der Waals surface area contributed by atoms with Crippen LogP contribution in [0.5, 0.6) is 0 Å². The van der Waals surface area contributed by atoms with E-state index in [9.17, 15) is 14.4 Å². The van der Waals surface area contributed by atoms with Gasteiger partial charge in [-0.2, -0.15) is 0 Å². The van der Waals surface area contributed by atoms with Crippen LogP contribution in [0.3, 0.4) is 0 Å². The number of nitrogens with two attached hydrogens (primary N) is 1. The van der Waals surface area contributed by atoms with Gasteiger partial charge in [0, 0.05) is 23.9 Å². The lowest BCUT2D eigenvalue weighted by Crippen LogP contribution is -2.28. The van der Waals surface area contributed by atoms with Crippen molar-refractivity contribution in [2.75, 3.05) is 11.9 Å². The van der Waals surface area contributed by atoms with E-state index < -0.39 is 5.91 Å². The number of carbonyl (C=O) groups is 3. The molecule has 1 heterocycles. The maximum atomic E-state index is 12.2. The average Bonchev–Trinajstić information content (AvgIpc) is 2.98. The van der Waals surface area contributed by atoms with E-state index in [-0.39, 0.29) is 24.8 Å². The smallest absolute Gasteiger partial charge is 0.253 e. The second-order valence-electron chi connectivity index (χ2n) is 4.98. The Morgan fingerprint density at radius 2 is 1.92 bits per heavy atom. The number of anilines is 1. The van der Waals surface area contributed by atoms with Crippen molar-refractivity contribution in [2.24, 2.45) is 5.73 Å². The van der Waals surface area contributed by atoms with Gasteiger partial charge in [-0.05, 0) is 46.3 Å². The Morgan fingerprint density at radius 1 is 1.16 bits per heavy atom. The van der Waals surface area contributed by atoms with E-state index in [0.29, 0.717) is 11.3 Å². The molecule has 0 aliphatic carbocycles. The van der Waals surface area contributed by atoms with Gasteiger partial charge in [0.2, 0.25) is 11.8 Å². The number of primary amides is 1. The van der Waals surface area contributed by atoms with Crippen LogP contribution in [0.4, 0.5) is 5.69 Å². The molecule has 0 spiro atoms. The highest BCUT2D eigenvalue weighted by atomic mass is 79.9. The summed E-state index contributed by atoms with van der Waals surface area (Å²) in [5, 5.41) is 5.27. The summed E-state index contributed by atoms with van der Waals surface area (Å²) < 4.78 is 0.977. The van der Waals surface area contributed by atoms with Gasteiger partial charge in [0.25, 0.3) is 5.91 Å². The van der Waals surface area contributed by atoms with Crippen molar-refractivity contribution in [1.82, 2.24) is 5.32 Å². The van der Waals surface area contributed by atoms with Crippen molar-refractivity contribution in [3.63, 3.8) is 0 Å². The highest BCUT2D eigenvalue weighted by molar-refractivity contribution is 9.11. The maximum absolute atomic E-state index is 12.2. The number of benzene rings is 1. The molecule has 0 aliphatic rings. The van der Waals surface area contributed by atoms with Crippen LogP contribution in [-0.2, 0) is 9.59 Å². The van der Waals surface area contributed by atoms with Crippen LogP contribution in [-0.4, -0.2) is 24.3 Å². The molecule has 25 heavy (non-hydrogen) atoms. The Morgan fingerprint density at radius 3 is 2.60 bits per heavy atom. The first-order chi connectivity index (χ1) is 12.0. The molecule has 0 radical (unpaired) electrons. The second-order valence-corrected chi connectivity index (χ2v) is 7.48. The van der Waals surface area contributed by atoms with E-state index in [0.717, 1.165) is 8.66 Å². The van der Waals surface area contributed by atoms with Crippen LogP contribution >= 0.6 is 27.3 Å². The van der Waals surface area contributed by atoms with Gasteiger partial charge in [0.1, 0.15) is 0 Å². The summed E-state index contributed by atoms with van der Waals surface area (Å²) in [6.45, 7) is 0.142. The Labute approximate surface area is 157 Å². The highest BCUT2D eigenvalue weighted by Crippen LogP contribution is 2.23. The van der Waals surface area contributed by atoms with Crippen molar-refractivity contribution in [2.45, 2.75) is 6.42 Å². The lowest BCUT2D eigenvalue weighted by atomic mass is 10.1. The summed E-state index contributed by atoms with van der Waals surface area (Å²) in [5.41, 5.74) is 5.74. The molecule has 4 N–H and O–H groups in total. The van der Waals surface area contributed by atoms with Gasteiger partial charge >= 0.3 is 0 Å². The number of hydrogen-bond donors (Lipinski definition) is 3. The third kappa shape index (κ3) is 6.17. The zero-order valence-electron chi connectivity index (χ0n) is 13.1.